The maximum absolute atomic E-state index is 10.1. The van der Waals surface area contributed by atoms with Crippen LogP contribution in [0.3, 0.4) is 0 Å². The van der Waals surface area contributed by atoms with E-state index in [1.54, 1.807) is 0 Å². The lowest BCUT2D eigenvalue weighted by molar-refractivity contribution is 0.0946. The lowest BCUT2D eigenvalue weighted by atomic mass is 9.72. The normalized spacial score (nSPS) is 39.0. The van der Waals surface area contributed by atoms with Crippen molar-refractivity contribution >= 4 is 18.4 Å². The molecule has 31 heavy (non-hydrogen) atoms. The molecule has 2 saturated carbocycles. The van der Waals surface area contributed by atoms with E-state index >= 15 is 0 Å². The zero-order chi connectivity index (χ0) is 21.6. The van der Waals surface area contributed by atoms with E-state index in [-0.39, 0.29) is 17.1 Å². The van der Waals surface area contributed by atoms with Crippen molar-refractivity contribution in [1.29, 1.82) is 0 Å². The minimum absolute atomic E-state index is 0.0214. The molecule has 3 heterocycles. The summed E-state index contributed by atoms with van der Waals surface area (Å²) in [4.78, 5) is 17.6. The molecular weight excluding hydrogens is 386 g/mol. The average Bonchev–Trinajstić information content (AvgIpc) is 3.43. The fourth-order valence-corrected chi connectivity index (χ4v) is 6.37. The summed E-state index contributed by atoms with van der Waals surface area (Å²) in [5, 5.41) is 13.6. The summed E-state index contributed by atoms with van der Waals surface area (Å²) in [5.74, 6) is 2.06. The predicted octanol–water partition coefficient (Wildman–Crippen LogP) is 3.57. The molecule has 2 N–H and O–H groups in total. The van der Waals surface area contributed by atoms with Crippen LogP contribution in [0.15, 0.2) is 26.2 Å². The van der Waals surface area contributed by atoms with Crippen LogP contribution in [0.1, 0.15) is 71.6 Å². The molecule has 2 aliphatic carbocycles. The summed E-state index contributed by atoms with van der Waals surface area (Å²) < 4.78 is 0. The highest BCUT2D eigenvalue weighted by Gasteiger charge is 2.74. The summed E-state index contributed by atoms with van der Waals surface area (Å²) in [7, 11) is 2.22. The van der Waals surface area contributed by atoms with E-state index in [9.17, 15) is 5.11 Å². The number of nitrogens with one attached hydrogen (secondary N) is 1. The number of aliphatic hydroxyl groups excluding tert-OH is 1. The molecule has 1 spiro atoms. The summed E-state index contributed by atoms with van der Waals surface area (Å²) in [6.45, 7) is 6.76. The van der Waals surface area contributed by atoms with Crippen LogP contribution in [0.25, 0.3) is 0 Å². The van der Waals surface area contributed by atoms with Crippen molar-refractivity contribution in [1.82, 2.24) is 10.2 Å². The van der Waals surface area contributed by atoms with Crippen molar-refractivity contribution < 1.29 is 5.11 Å². The Hall–Kier alpha value is -1.53. The van der Waals surface area contributed by atoms with Crippen LogP contribution < -0.4 is 5.32 Å². The number of guanidine groups is 1. The Morgan fingerprint density at radius 3 is 2.61 bits per heavy atom. The van der Waals surface area contributed by atoms with Crippen LogP contribution in [-0.2, 0) is 0 Å². The number of rotatable bonds is 5. The molecule has 2 unspecified atom stereocenters. The van der Waals surface area contributed by atoms with Gasteiger partial charge in [0.1, 0.15) is 5.54 Å². The fraction of sp³-hybridized carbons (Fsp3) is 0.800. The number of hydrogen-bond donors (Lipinski definition) is 2. The number of nitrogens with zero attached hydrogens (tertiary/aromatic N) is 4. The number of allylic oxidation sites excluding steroid dienone is 1. The second-order valence-corrected chi connectivity index (χ2v) is 10.8. The van der Waals surface area contributed by atoms with Gasteiger partial charge in [0.25, 0.3) is 0 Å². The van der Waals surface area contributed by atoms with E-state index < -0.39 is 0 Å². The standard InChI is InChI=1S/C25H39N5O/c1-4-17(2)28-23-26-14-21-22(13-18-9-11-30(3)12-10-18)27-16-24(15-25(21,24)29-23)19-5-7-20(31)8-6-19/h14,16-20,31H,4-13,15H2,1-3H3,(H,28,29)/t17-,19?,20?,24?,25?/m0/s1. The first-order valence-corrected chi connectivity index (χ1v) is 12.5. The first-order chi connectivity index (χ1) is 15.0. The van der Waals surface area contributed by atoms with Crippen molar-refractivity contribution in [3.63, 3.8) is 0 Å². The minimum atomic E-state index is -0.181. The average molecular weight is 426 g/mol. The Kier molecular flexibility index (Phi) is 5.58. The molecule has 3 atom stereocenters. The molecule has 0 amide bonds. The molecule has 5 rings (SSSR count). The van der Waals surface area contributed by atoms with E-state index in [1.807, 2.05) is 0 Å². The summed E-state index contributed by atoms with van der Waals surface area (Å²) in [6, 6.07) is 0.367. The molecule has 0 bridgehead atoms. The number of aliphatic imine (C=N–C) groups is 3. The Labute approximate surface area is 187 Å². The van der Waals surface area contributed by atoms with Gasteiger partial charge in [-0.3, -0.25) is 4.99 Å². The lowest BCUT2D eigenvalue weighted by Crippen LogP contribution is -2.41. The number of piperidine rings is 1. The maximum atomic E-state index is 10.1. The third-order valence-electron chi connectivity index (χ3n) is 8.75. The Morgan fingerprint density at radius 2 is 1.90 bits per heavy atom. The van der Waals surface area contributed by atoms with E-state index in [1.165, 1.54) is 37.2 Å². The molecule has 3 aliphatic heterocycles. The first-order valence-electron chi connectivity index (χ1n) is 12.5. The molecule has 6 heteroatoms. The third kappa shape index (κ3) is 3.70. The van der Waals surface area contributed by atoms with Gasteiger partial charge in [0, 0.05) is 35.2 Å². The van der Waals surface area contributed by atoms with Crippen LogP contribution in [0.4, 0.5) is 0 Å². The highest BCUT2D eigenvalue weighted by Crippen LogP contribution is 2.70. The molecule has 5 aliphatic rings. The van der Waals surface area contributed by atoms with Gasteiger partial charge in [0.15, 0.2) is 0 Å². The third-order valence-corrected chi connectivity index (χ3v) is 8.75. The van der Waals surface area contributed by atoms with Crippen molar-refractivity contribution in [2.45, 2.75) is 89.3 Å². The number of aliphatic hydroxyl groups is 1. The SMILES string of the molecule is CC[C@H](C)NC1=NC23CC2(C2CCC(O)CC2)C=NC(CC2CCN(C)CC2)=C3C=N1. The molecule has 0 aromatic heterocycles. The summed E-state index contributed by atoms with van der Waals surface area (Å²) in [6.07, 6.45) is 13.9. The van der Waals surface area contributed by atoms with Crippen LogP contribution in [-0.4, -0.2) is 66.2 Å². The summed E-state index contributed by atoms with van der Waals surface area (Å²) in [5.41, 5.74) is 2.36. The van der Waals surface area contributed by atoms with E-state index in [4.69, 9.17) is 15.0 Å². The van der Waals surface area contributed by atoms with E-state index in [0.29, 0.717) is 17.9 Å². The van der Waals surface area contributed by atoms with E-state index in [2.05, 4.69) is 43.5 Å². The molecule has 0 aromatic carbocycles. The van der Waals surface area contributed by atoms with Crippen LogP contribution >= 0.6 is 0 Å². The molecule has 0 radical (unpaired) electrons. The van der Waals surface area contributed by atoms with Gasteiger partial charge in [0.2, 0.25) is 5.96 Å². The zero-order valence-electron chi connectivity index (χ0n) is 19.5. The topological polar surface area (TPSA) is 72.6 Å². The highest BCUT2D eigenvalue weighted by atomic mass is 16.3. The maximum Gasteiger partial charge on any atom is 0.219 e. The second kappa shape index (κ2) is 8.11. The molecule has 1 saturated heterocycles. The predicted molar refractivity (Wildman–Crippen MR) is 127 cm³/mol. The van der Waals surface area contributed by atoms with E-state index in [0.717, 1.165) is 50.9 Å². The summed E-state index contributed by atoms with van der Waals surface area (Å²) >= 11 is 0. The van der Waals surface area contributed by atoms with Crippen molar-refractivity contribution in [2.24, 2.45) is 32.2 Å². The van der Waals surface area contributed by atoms with Gasteiger partial charge in [-0.15, -0.1) is 0 Å². The van der Waals surface area contributed by atoms with Crippen molar-refractivity contribution in [3.05, 3.63) is 11.3 Å². The lowest BCUT2D eigenvalue weighted by Gasteiger charge is -2.37. The van der Waals surface area contributed by atoms with Crippen LogP contribution in [0.2, 0.25) is 0 Å². The Bertz CT molecular complexity index is 816. The van der Waals surface area contributed by atoms with Crippen molar-refractivity contribution in [3.8, 4) is 0 Å². The molecule has 0 aromatic rings. The highest BCUT2D eigenvalue weighted by molar-refractivity contribution is 6.03. The van der Waals surface area contributed by atoms with Gasteiger partial charge in [-0.25, -0.2) is 9.98 Å². The molecular formula is C25H39N5O. The Balaban J connectivity index is 1.44. The first kappa shape index (κ1) is 21.3. The second-order valence-electron chi connectivity index (χ2n) is 10.8. The Morgan fingerprint density at radius 1 is 1.16 bits per heavy atom. The van der Waals surface area contributed by atoms with Crippen LogP contribution in [0.5, 0.6) is 0 Å². The zero-order valence-corrected chi connectivity index (χ0v) is 19.5. The largest absolute Gasteiger partial charge is 0.393 e. The quantitative estimate of drug-likeness (QED) is 0.707. The molecule has 170 valence electrons. The number of likely N-dealkylation sites (tertiary alicyclic amines) is 1. The van der Waals surface area contributed by atoms with Gasteiger partial charge >= 0.3 is 0 Å². The molecule has 6 nitrogen and oxygen atoms in total. The van der Waals surface area contributed by atoms with Gasteiger partial charge < -0.3 is 15.3 Å². The minimum Gasteiger partial charge on any atom is -0.393 e. The van der Waals surface area contributed by atoms with Crippen molar-refractivity contribution in [2.75, 3.05) is 20.1 Å². The number of hydrogen-bond acceptors (Lipinski definition) is 6. The monoisotopic (exact) mass is 425 g/mol. The smallest absolute Gasteiger partial charge is 0.219 e. The van der Waals surface area contributed by atoms with Gasteiger partial charge in [-0.1, -0.05) is 6.92 Å². The van der Waals surface area contributed by atoms with Gasteiger partial charge in [0.05, 0.1) is 6.10 Å². The molecule has 3 fully saturated rings. The van der Waals surface area contributed by atoms with Gasteiger partial charge in [-0.05, 0) is 96.7 Å². The van der Waals surface area contributed by atoms with Crippen LogP contribution in [0, 0.1) is 17.3 Å². The fourth-order valence-electron chi connectivity index (χ4n) is 6.37. The van der Waals surface area contributed by atoms with Gasteiger partial charge in [-0.2, -0.15) is 0 Å².